The minimum atomic E-state index is -4.89. The van der Waals surface area contributed by atoms with Crippen molar-refractivity contribution in [1.82, 2.24) is 14.4 Å². The highest BCUT2D eigenvalue weighted by Crippen LogP contribution is 2.44. The van der Waals surface area contributed by atoms with Crippen molar-refractivity contribution in [2.45, 2.75) is 48.3 Å². The van der Waals surface area contributed by atoms with Crippen molar-refractivity contribution in [3.63, 3.8) is 0 Å². The second-order valence-corrected chi connectivity index (χ2v) is 24.8. The predicted octanol–water partition coefficient (Wildman–Crippen LogP) is 11.2. The van der Waals surface area contributed by atoms with E-state index in [1.165, 1.54) is 43.0 Å². The first-order chi connectivity index (χ1) is 35.2. The van der Waals surface area contributed by atoms with E-state index in [2.05, 4.69) is 40.7 Å². The largest absolute Gasteiger partial charge is 0.493 e. The number of hydrogen-bond donors (Lipinski definition) is 5. The highest BCUT2D eigenvalue weighted by atomic mass is 35.5. The van der Waals surface area contributed by atoms with Crippen LogP contribution in [0.5, 0.6) is 11.6 Å². The Balaban J connectivity index is 1.18. The summed E-state index contributed by atoms with van der Waals surface area (Å²) in [7, 11) is -18.2. The van der Waals surface area contributed by atoms with Gasteiger partial charge in [0.15, 0.2) is 11.3 Å². The summed E-state index contributed by atoms with van der Waals surface area (Å²) in [6.45, 7) is 4.49. The lowest BCUT2D eigenvalue weighted by atomic mass is 10.1. The molecule has 0 saturated heterocycles. The molecule has 0 amide bonds. The molecule has 24 nitrogen and oxygen atoms in total. The minimum absolute atomic E-state index is 0.000865. The van der Waals surface area contributed by atoms with Crippen LogP contribution < -0.4 is 4.74 Å². The number of nitriles is 1. The molecule has 0 unspecified atom stereocenters. The first-order valence-corrected chi connectivity index (χ1v) is 29.7. The quantitative estimate of drug-likeness (QED) is 0.0230. The Kier molecular flexibility index (Phi) is 15.4. The number of hydrogen-bond acceptors (Lipinski definition) is 21. The number of rotatable bonds is 18. The van der Waals surface area contributed by atoms with E-state index >= 15 is 0 Å². The lowest BCUT2D eigenvalue weighted by Crippen LogP contribution is -2.08. The number of azo groups is 3. The van der Waals surface area contributed by atoms with E-state index in [0.29, 0.717) is 37.2 Å². The Bertz CT molecular complexity index is 4290. The number of thiazole rings is 1. The van der Waals surface area contributed by atoms with Crippen LogP contribution >= 0.6 is 34.7 Å². The SMILES string of the molecule is Cc1cc(N=Nc2cc(OCCCS(=O)(=O)O)c(N=Nc3c(C)c(C#N)c4nc5c(S(=O)(=O)O)cc(Cl)cc5n4c3O)cc2C)c(SCCCS(=O)(=O)O)cc1N=Nc1nc2c(S(=O)(=O)O)cc3ccccc3c2s1. The zero-order chi connectivity index (χ0) is 54.4. The number of pyridine rings is 1. The molecule has 0 spiro atoms. The van der Waals surface area contributed by atoms with Crippen molar-refractivity contribution in [2.75, 3.05) is 23.9 Å². The zero-order valence-electron chi connectivity index (χ0n) is 38.8. The van der Waals surface area contributed by atoms with Gasteiger partial charge in [0, 0.05) is 26.9 Å². The second-order valence-electron chi connectivity index (χ2n) is 16.3. The molecule has 5 aromatic carbocycles. The monoisotopic (exact) mass is 1160 g/mol. The second kappa shape index (κ2) is 21.2. The maximum atomic E-state index is 12.4. The molecule has 0 fully saturated rings. The number of halogens is 1. The highest BCUT2D eigenvalue weighted by Gasteiger charge is 2.26. The molecule has 0 bridgehead atoms. The fraction of sp³-hybridized carbons (Fsp3) is 0.205. The van der Waals surface area contributed by atoms with E-state index in [1.54, 1.807) is 50.2 Å². The molecule has 0 atom stereocenters. The number of thioether (sulfide) groups is 1. The topological polar surface area (TPSA) is 375 Å². The Hall–Kier alpha value is -6.63. The predicted molar refractivity (Wildman–Crippen MR) is 279 cm³/mol. The molecule has 0 saturated carbocycles. The molecule has 8 aromatic rings. The Morgan fingerprint density at radius 2 is 1.35 bits per heavy atom. The van der Waals surface area contributed by atoms with E-state index in [-0.39, 0.29) is 97.2 Å². The average molecular weight is 1160 g/mol. The van der Waals surface area contributed by atoms with E-state index < -0.39 is 67.6 Å². The van der Waals surface area contributed by atoms with Crippen LogP contribution in [0.4, 0.5) is 33.6 Å². The third-order valence-electron chi connectivity index (χ3n) is 11.0. The number of benzene rings is 5. The van der Waals surface area contributed by atoms with Gasteiger partial charge in [0.25, 0.3) is 40.5 Å². The van der Waals surface area contributed by atoms with Crippen molar-refractivity contribution in [2.24, 2.45) is 30.7 Å². The van der Waals surface area contributed by atoms with E-state index in [0.717, 1.165) is 21.8 Å². The van der Waals surface area contributed by atoms with E-state index in [9.17, 15) is 62.3 Å². The number of nitrogens with zero attached hydrogens (tertiary/aromatic N) is 10. The van der Waals surface area contributed by atoms with Gasteiger partial charge in [0.05, 0.1) is 45.4 Å². The lowest BCUT2D eigenvalue weighted by molar-refractivity contribution is 0.317. The average Bonchev–Trinajstić information content (AvgIpc) is 3.92. The number of imidazole rings is 1. The van der Waals surface area contributed by atoms with Crippen molar-refractivity contribution in [3.8, 4) is 17.7 Å². The van der Waals surface area contributed by atoms with Crippen LogP contribution in [-0.2, 0) is 40.5 Å². The number of aromatic hydroxyl groups is 1. The van der Waals surface area contributed by atoms with Crippen molar-refractivity contribution >= 4 is 146 Å². The van der Waals surface area contributed by atoms with Gasteiger partial charge in [0.2, 0.25) is 11.0 Å². The number of ether oxygens (including phenoxy) is 1. The number of fused-ring (bicyclic) bond motifs is 6. The van der Waals surface area contributed by atoms with Gasteiger partial charge in [0.1, 0.15) is 43.9 Å². The number of aromatic nitrogens is 3. The van der Waals surface area contributed by atoms with Gasteiger partial charge in [-0.2, -0.15) is 44.0 Å². The maximum absolute atomic E-state index is 12.4. The summed E-state index contributed by atoms with van der Waals surface area (Å²) in [4.78, 5) is 7.97. The van der Waals surface area contributed by atoms with Gasteiger partial charge in [-0.15, -0.1) is 37.3 Å². The van der Waals surface area contributed by atoms with Crippen LogP contribution in [0.25, 0.3) is 37.7 Å². The summed E-state index contributed by atoms with van der Waals surface area (Å²) >= 11 is 8.41. The molecule has 3 heterocycles. The summed E-state index contributed by atoms with van der Waals surface area (Å²) in [5.74, 6) is -1.68. The van der Waals surface area contributed by atoms with Crippen LogP contribution in [0.2, 0.25) is 5.02 Å². The summed E-state index contributed by atoms with van der Waals surface area (Å²) < 4.78 is 141. The molecule has 3 aromatic heterocycles. The summed E-state index contributed by atoms with van der Waals surface area (Å²) in [6, 6.07) is 18.6. The standard InChI is InChI=1S/C44H37ClN10O14S6/c1-22-14-31(51-53-38-24(3)28(21-46)42-47-39-33(55(42)43(38)56)17-26(45)18-37(39)75(66,67)68)34(69-10-6-12-72(57,58)59)19-29(22)49-52-32-15-23(2)30(20-35(32)70-11-7-13-73(60,61)62)50-54-44-48-40-36(74(63,64)65)16-25-8-4-5-9-27(25)41(40)71-44/h4-5,8-9,14-20,56H,6-7,10-13H2,1-3H3,(H,57,58,59)(H,60,61,62)(H,63,64,65)(H,66,67,68). The van der Waals surface area contributed by atoms with E-state index in [4.69, 9.17) is 16.3 Å². The van der Waals surface area contributed by atoms with E-state index in [1.807, 2.05) is 6.07 Å². The Morgan fingerprint density at radius 1 is 0.733 bits per heavy atom. The molecule has 0 radical (unpaired) electrons. The van der Waals surface area contributed by atoms with Gasteiger partial charge in [-0.1, -0.05) is 47.2 Å². The smallest absolute Gasteiger partial charge is 0.296 e. The maximum Gasteiger partial charge on any atom is 0.296 e. The summed E-state index contributed by atoms with van der Waals surface area (Å²) in [6.07, 6.45) is -0.133. The lowest BCUT2D eigenvalue weighted by Gasteiger charge is -2.12. The normalized spacial score (nSPS) is 12.9. The van der Waals surface area contributed by atoms with Gasteiger partial charge < -0.3 is 9.84 Å². The molecule has 390 valence electrons. The van der Waals surface area contributed by atoms with Crippen LogP contribution in [0.1, 0.15) is 35.1 Å². The third kappa shape index (κ3) is 12.2. The third-order valence-corrected chi connectivity index (χ3v) is 16.7. The summed E-state index contributed by atoms with van der Waals surface area (Å²) in [5.41, 5.74) is 0.782. The minimum Gasteiger partial charge on any atom is -0.493 e. The number of aryl methyl sites for hydroxylation is 2. The fourth-order valence-corrected chi connectivity index (χ4v) is 12.3. The molecule has 0 aliphatic rings. The molecular weight excluding hydrogens is 1120 g/mol. The molecular formula is C44H37ClN10O14S6. The first kappa shape index (κ1) is 54.6. The van der Waals surface area contributed by atoms with Crippen LogP contribution in [0.3, 0.4) is 0 Å². The fourth-order valence-electron chi connectivity index (χ4n) is 7.52. The van der Waals surface area contributed by atoms with Gasteiger partial charge in [-0.05, 0) is 92.3 Å². The molecule has 31 heteroatoms. The van der Waals surface area contributed by atoms with Crippen molar-refractivity contribution in [1.29, 1.82) is 5.26 Å². The molecule has 0 aliphatic carbocycles. The first-order valence-electron chi connectivity index (χ1n) is 21.5. The molecule has 75 heavy (non-hydrogen) atoms. The zero-order valence-corrected chi connectivity index (χ0v) is 44.5. The van der Waals surface area contributed by atoms with Gasteiger partial charge in [-0.25, -0.2) is 9.97 Å². The highest BCUT2D eigenvalue weighted by molar-refractivity contribution is 7.99. The van der Waals surface area contributed by atoms with Crippen LogP contribution in [0.15, 0.2) is 112 Å². The summed E-state index contributed by atoms with van der Waals surface area (Å²) in [5, 5.41) is 49.2. The van der Waals surface area contributed by atoms with Crippen molar-refractivity contribution < 1.29 is 61.7 Å². The van der Waals surface area contributed by atoms with Crippen LogP contribution in [-0.4, -0.2) is 95.2 Å². The Labute approximate surface area is 439 Å². The van der Waals surface area contributed by atoms with Gasteiger partial charge in [-0.3, -0.25) is 22.6 Å². The molecule has 0 aliphatic heterocycles. The van der Waals surface area contributed by atoms with Crippen molar-refractivity contribution in [3.05, 3.63) is 94.0 Å². The van der Waals surface area contributed by atoms with Gasteiger partial charge >= 0.3 is 0 Å². The Morgan fingerprint density at radius 3 is 2.03 bits per heavy atom. The molecule has 5 N–H and O–H groups in total. The molecule has 8 rings (SSSR count). The van der Waals surface area contributed by atoms with Crippen LogP contribution in [0, 0.1) is 32.1 Å².